The van der Waals surface area contributed by atoms with Crippen LogP contribution in [0.25, 0.3) is 0 Å². The maximum atomic E-state index is 13.0. The number of nitrogens with zero attached hydrogens (tertiary/aromatic N) is 2. The van der Waals surface area contributed by atoms with Crippen LogP contribution in [0.3, 0.4) is 0 Å². The molecule has 1 aliphatic carbocycles. The summed E-state index contributed by atoms with van der Waals surface area (Å²) in [5.41, 5.74) is 2.17. The first-order valence-electron chi connectivity index (χ1n) is 10.6. The molecule has 1 aromatic carbocycles. The largest absolute Gasteiger partial charge is 0.379 e. The Morgan fingerprint density at radius 3 is 2.73 bits per heavy atom. The molecular weight excluding hydrogens is 400 g/mol. The number of ketones is 1. The summed E-state index contributed by atoms with van der Waals surface area (Å²) in [7, 11) is 0. The highest BCUT2D eigenvalue weighted by atomic mass is 32.1. The summed E-state index contributed by atoms with van der Waals surface area (Å²) in [6, 6.07) is 5.21. The van der Waals surface area contributed by atoms with Gasteiger partial charge in [-0.05, 0) is 31.9 Å². The topological polar surface area (TPSA) is 83.6 Å². The van der Waals surface area contributed by atoms with Crippen molar-refractivity contribution in [1.29, 1.82) is 0 Å². The number of urea groups is 1. The van der Waals surface area contributed by atoms with Crippen LogP contribution in [0.4, 0.5) is 15.6 Å². The molecular formula is C22H28N4O3S. The van der Waals surface area contributed by atoms with E-state index >= 15 is 0 Å². The minimum atomic E-state index is -0.383. The standard InChI is InChI=1S/C22H28N4O3S/c1-15-6-7-19(18(12-15)20(27)16-4-2-3-5-16)24-21(28)25-22-23-13-17(30-22)14-26-8-10-29-11-9-26/h6-7,12-13,16H,2-5,8-11,14H2,1H3,(H2,23,24,25,28). The van der Waals surface area contributed by atoms with Gasteiger partial charge in [-0.3, -0.25) is 15.0 Å². The maximum absolute atomic E-state index is 13.0. The van der Waals surface area contributed by atoms with E-state index in [2.05, 4.69) is 20.5 Å². The number of amides is 2. The summed E-state index contributed by atoms with van der Waals surface area (Å²) in [5, 5.41) is 6.20. The fourth-order valence-corrected chi connectivity index (χ4v) is 4.90. The van der Waals surface area contributed by atoms with Gasteiger partial charge in [0.1, 0.15) is 0 Å². The minimum absolute atomic E-state index is 0.0668. The zero-order valence-corrected chi connectivity index (χ0v) is 18.1. The summed E-state index contributed by atoms with van der Waals surface area (Å²) in [6.45, 7) is 6.09. The van der Waals surface area contributed by atoms with Crippen LogP contribution >= 0.6 is 11.3 Å². The number of thiazole rings is 1. The molecule has 2 amide bonds. The highest BCUT2D eigenvalue weighted by molar-refractivity contribution is 7.15. The van der Waals surface area contributed by atoms with Gasteiger partial charge in [-0.2, -0.15) is 0 Å². The van der Waals surface area contributed by atoms with Gasteiger partial charge in [-0.1, -0.05) is 24.5 Å². The lowest BCUT2D eigenvalue weighted by Gasteiger charge is -2.25. The molecule has 2 aliphatic rings. The van der Waals surface area contributed by atoms with Crippen molar-refractivity contribution in [2.45, 2.75) is 39.2 Å². The number of nitrogens with one attached hydrogen (secondary N) is 2. The Morgan fingerprint density at radius 1 is 1.20 bits per heavy atom. The maximum Gasteiger partial charge on any atom is 0.325 e. The Bertz CT molecular complexity index is 902. The predicted octanol–water partition coefficient (Wildman–Crippen LogP) is 4.30. The number of benzene rings is 1. The third kappa shape index (κ3) is 5.24. The fraction of sp³-hybridized carbons (Fsp3) is 0.500. The van der Waals surface area contributed by atoms with Crippen molar-refractivity contribution in [2.24, 2.45) is 5.92 Å². The molecule has 160 valence electrons. The number of rotatable bonds is 6. The van der Waals surface area contributed by atoms with Gasteiger partial charge in [0.15, 0.2) is 10.9 Å². The Labute approximate surface area is 180 Å². The van der Waals surface area contributed by atoms with Gasteiger partial charge in [0.2, 0.25) is 0 Å². The number of ether oxygens (including phenoxy) is 1. The number of carbonyl (C=O) groups is 2. The van der Waals surface area contributed by atoms with Crippen LogP contribution in [0, 0.1) is 12.8 Å². The van der Waals surface area contributed by atoms with E-state index in [0.29, 0.717) is 16.4 Å². The second-order valence-electron chi connectivity index (χ2n) is 7.99. The lowest BCUT2D eigenvalue weighted by atomic mass is 9.94. The van der Waals surface area contributed by atoms with E-state index in [-0.39, 0.29) is 17.7 Å². The molecule has 2 N–H and O–H groups in total. The molecule has 2 aromatic rings. The molecule has 0 unspecified atom stereocenters. The number of morpholine rings is 1. The summed E-state index contributed by atoms with van der Waals surface area (Å²) in [6.07, 6.45) is 5.87. The van der Waals surface area contributed by atoms with Crippen molar-refractivity contribution >= 4 is 34.0 Å². The fourth-order valence-electron chi connectivity index (χ4n) is 4.05. The summed E-state index contributed by atoms with van der Waals surface area (Å²) in [4.78, 5) is 33.3. The van der Waals surface area contributed by atoms with E-state index in [1.54, 1.807) is 6.20 Å². The van der Waals surface area contributed by atoms with Gasteiger partial charge in [-0.25, -0.2) is 9.78 Å². The molecule has 2 heterocycles. The van der Waals surface area contributed by atoms with E-state index in [1.807, 2.05) is 25.1 Å². The number of aromatic nitrogens is 1. The summed E-state index contributed by atoms with van der Waals surface area (Å²) >= 11 is 1.47. The van der Waals surface area contributed by atoms with Crippen LogP contribution in [0.15, 0.2) is 24.4 Å². The monoisotopic (exact) mass is 428 g/mol. The van der Waals surface area contributed by atoms with Crippen LogP contribution in [0.2, 0.25) is 0 Å². The third-order valence-corrected chi connectivity index (χ3v) is 6.57. The number of hydrogen-bond acceptors (Lipinski definition) is 6. The van der Waals surface area contributed by atoms with Gasteiger partial charge >= 0.3 is 6.03 Å². The molecule has 0 spiro atoms. The molecule has 1 aliphatic heterocycles. The Balaban J connectivity index is 1.39. The molecule has 8 heteroatoms. The number of aryl methyl sites for hydroxylation is 1. The zero-order chi connectivity index (χ0) is 20.9. The van der Waals surface area contributed by atoms with E-state index in [4.69, 9.17) is 4.74 Å². The van der Waals surface area contributed by atoms with Gasteiger partial charge in [-0.15, -0.1) is 11.3 Å². The third-order valence-electron chi connectivity index (χ3n) is 5.67. The molecule has 0 bridgehead atoms. The van der Waals surface area contributed by atoms with Gasteiger partial charge in [0.05, 0.1) is 18.9 Å². The van der Waals surface area contributed by atoms with Crippen molar-refractivity contribution in [1.82, 2.24) is 9.88 Å². The van der Waals surface area contributed by atoms with Crippen LogP contribution in [-0.4, -0.2) is 48.0 Å². The number of Topliss-reactive ketones (excluding diaryl/α,β-unsaturated/α-hetero) is 1. The second kappa shape index (κ2) is 9.68. The summed E-state index contributed by atoms with van der Waals surface area (Å²) < 4.78 is 5.37. The van der Waals surface area contributed by atoms with Crippen molar-refractivity contribution in [2.75, 3.05) is 36.9 Å². The predicted molar refractivity (Wildman–Crippen MR) is 118 cm³/mol. The average molecular weight is 429 g/mol. The first-order chi connectivity index (χ1) is 14.6. The molecule has 0 radical (unpaired) electrons. The molecule has 30 heavy (non-hydrogen) atoms. The molecule has 1 saturated heterocycles. The van der Waals surface area contributed by atoms with Gasteiger partial charge in [0, 0.05) is 42.2 Å². The summed E-state index contributed by atoms with van der Waals surface area (Å²) in [5.74, 6) is 0.200. The van der Waals surface area contributed by atoms with Crippen molar-refractivity contribution < 1.29 is 14.3 Å². The van der Waals surface area contributed by atoms with E-state index in [0.717, 1.165) is 69.0 Å². The minimum Gasteiger partial charge on any atom is -0.379 e. The van der Waals surface area contributed by atoms with Gasteiger partial charge in [0.25, 0.3) is 0 Å². The second-order valence-corrected chi connectivity index (χ2v) is 9.11. The molecule has 2 fully saturated rings. The Hall–Kier alpha value is -2.29. The van der Waals surface area contributed by atoms with E-state index in [1.165, 1.54) is 11.3 Å². The normalized spacial score (nSPS) is 17.8. The smallest absolute Gasteiger partial charge is 0.325 e. The van der Waals surface area contributed by atoms with Crippen molar-refractivity contribution in [3.05, 3.63) is 40.4 Å². The Morgan fingerprint density at radius 2 is 1.97 bits per heavy atom. The van der Waals surface area contributed by atoms with Crippen molar-refractivity contribution in [3.8, 4) is 0 Å². The van der Waals surface area contributed by atoms with Crippen LogP contribution in [0.1, 0.15) is 46.5 Å². The highest BCUT2D eigenvalue weighted by Gasteiger charge is 2.26. The molecule has 1 aromatic heterocycles. The first-order valence-corrected chi connectivity index (χ1v) is 11.4. The first kappa shape index (κ1) is 21.0. The molecule has 4 rings (SSSR count). The number of hydrogen-bond donors (Lipinski definition) is 2. The highest BCUT2D eigenvalue weighted by Crippen LogP contribution is 2.31. The van der Waals surface area contributed by atoms with E-state index < -0.39 is 0 Å². The number of anilines is 2. The zero-order valence-electron chi connectivity index (χ0n) is 17.3. The molecule has 1 saturated carbocycles. The lowest BCUT2D eigenvalue weighted by molar-refractivity contribution is 0.0346. The SMILES string of the molecule is Cc1ccc(NC(=O)Nc2ncc(CN3CCOCC3)s2)c(C(=O)C2CCCC2)c1. The van der Waals surface area contributed by atoms with Crippen molar-refractivity contribution in [3.63, 3.8) is 0 Å². The lowest BCUT2D eigenvalue weighted by Crippen LogP contribution is -2.35. The average Bonchev–Trinajstić information content (AvgIpc) is 3.42. The van der Waals surface area contributed by atoms with Crippen LogP contribution in [0.5, 0.6) is 0 Å². The van der Waals surface area contributed by atoms with E-state index in [9.17, 15) is 9.59 Å². The quantitative estimate of drug-likeness (QED) is 0.670. The van der Waals surface area contributed by atoms with Gasteiger partial charge < -0.3 is 10.1 Å². The molecule has 0 atom stereocenters. The van der Waals surface area contributed by atoms with Crippen LogP contribution < -0.4 is 10.6 Å². The Kier molecular flexibility index (Phi) is 6.76. The number of carbonyl (C=O) groups excluding carboxylic acids is 2. The van der Waals surface area contributed by atoms with Crippen LogP contribution in [-0.2, 0) is 11.3 Å². The molecule has 7 nitrogen and oxygen atoms in total.